The predicted octanol–water partition coefficient (Wildman–Crippen LogP) is 2.62. The second-order valence-electron chi connectivity index (χ2n) is 4.70. The highest BCUT2D eigenvalue weighted by atomic mass is 35.5. The summed E-state index contributed by atoms with van der Waals surface area (Å²) < 4.78 is 10.4. The van der Waals surface area contributed by atoms with Crippen molar-refractivity contribution < 1.29 is 9.47 Å². The van der Waals surface area contributed by atoms with Gasteiger partial charge in [-0.3, -0.25) is 4.90 Å². The number of hydrogen-bond acceptors (Lipinski definition) is 3. The summed E-state index contributed by atoms with van der Waals surface area (Å²) in [6.07, 6.45) is 2.28. The van der Waals surface area contributed by atoms with Crippen molar-refractivity contribution in [3.05, 3.63) is 0 Å². The smallest absolute Gasteiger partial charge is 0.0615 e. The molecule has 0 spiro atoms. The molecule has 0 aromatic heterocycles. The topological polar surface area (TPSA) is 21.7 Å². The Labute approximate surface area is 111 Å². The lowest BCUT2D eigenvalue weighted by Gasteiger charge is -2.29. The maximum absolute atomic E-state index is 5.75. The molecule has 0 aliphatic rings. The van der Waals surface area contributed by atoms with Crippen LogP contribution in [0.15, 0.2) is 0 Å². The first-order valence-corrected chi connectivity index (χ1v) is 6.97. The van der Waals surface area contributed by atoms with E-state index >= 15 is 0 Å². The van der Waals surface area contributed by atoms with Crippen LogP contribution in [0.5, 0.6) is 0 Å². The number of methoxy groups -OCH3 is 2. The fourth-order valence-corrected chi connectivity index (χ4v) is 2.20. The average molecular weight is 266 g/mol. The number of nitrogens with zero attached hydrogens (tertiary/aromatic N) is 1. The van der Waals surface area contributed by atoms with Gasteiger partial charge in [0.1, 0.15) is 0 Å². The van der Waals surface area contributed by atoms with Crippen molar-refractivity contribution in [1.29, 1.82) is 0 Å². The predicted molar refractivity (Wildman–Crippen MR) is 73.9 cm³/mol. The van der Waals surface area contributed by atoms with Gasteiger partial charge in [0.25, 0.3) is 0 Å². The molecule has 0 aliphatic heterocycles. The molecular formula is C13H28ClNO2. The monoisotopic (exact) mass is 265 g/mol. The first-order valence-electron chi connectivity index (χ1n) is 6.43. The maximum Gasteiger partial charge on any atom is 0.0615 e. The van der Waals surface area contributed by atoms with Gasteiger partial charge in [-0.25, -0.2) is 0 Å². The van der Waals surface area contributed by atoms with Crippen LogP contribution >= 0.6 is 11.6 Å². The zero-order valence-electron chi connectivity index (χ0n) is 11.7. The van der Waals surface area contributed by atoms with Gasteiger partial charge in [-0.05, 0) is 32.2 Å². The lowest BCUT2D eigenvalue weighted by Crippen LogP contribution is -2.39. The van der Waals surface area contributed by atoms with Gasteiger partial charge >= 0.3 is 0 Å². The quantitative estimate of drug-likeness (QED) is 0.536. The summed E-state index contributed by atoms with van der Waals surface area (Å²) in [6, 6.07) is 0.443. The summed E-state index contributed by atoms with van der Waals surface area (Å²) in [6.45, 7) is 8.06. The third kappa shape index (κ3) is 8.83. The summed E-state index contributed by atoms with van der Waals surface area (Å²) in [5.74, 6) is 1.44. The number of halogens is 1. The van der Waals surface area contributed by atoms with E-state index < -0.39 is 0 Å². The lowest BCUT2D eigenvalue weighted by atomic mass is 10.0. The maximum atomic E-state index is 5.75. The summed E-state index contributed by atoms with van der Waals surface area (Å²) >= 11 is 5.75. The fraction of sp³-hybridized carbons (Fsp3) is 1.00. The van der Waals surface area contributed by atoms with Crippen molar-refractivity contribution >= 4 is 11.6 Å². The molecule has 0 heterocycles. The van der Waals surface area contributed by atoms with Gasteiger partial charge in [0, 0.05) is 32.7 Å². The van der Waals surface area contributed by atoms with Crippen molar-refractivity contribution in [3.63, 3.8) is 0 Å². The third-order valence-corrected chi connectivity index (χ3v) is 3.34. The van der Waals surface area contributed by atoms with Crippen molar-refractivity contribution in [3.8, 4) is 0 Å². The van der Waals surface area contributed by atoms with Crippen LogP contribution in [0.2, 0.25) is 0 Å². The van der Waals surface area contributed by atoms with Gasteiger partial charge in [0.2, 0.25) is 0 Å². The van der Waals surface area contributed by atoms with E-state index in [-0.39, 0.29) is 0 Å². The molecule has 0 radical (unpaired) electrons. The first kappa shape index (κ1) is 17.2. The Hall–Kier alpha value is 0.170. The number of ether oxygens (including phenoxy) is 2. The molecule has 4 heteroatoms. The molecule has 0 fully saturated rings. The van der Waals surface area contributed by atoms with Crippen LogP contribution in [0.3, 0.4) is 0 Å². The van der Waals surface area contributed by atoms with Gasteiger partial charge in [-0.1, -0.05) is 6.92 Å². The van der Waals surface area contributed by atoms with Crippen LogP contribution in [0.25, 0.3) is 0 Å². The van der Waals surface area contributed by atoms with E-state index in [0.29, 0.717) is 12.0 Å². The highest BCUT2D eigenvalue weighted by Crippen LogP contribution is 2.11. The molecule has 0 aromatic rings. The van der Waals surface area contributed by atoms with Crippen molar-refractivity contribution in [2.75, 3.05) is 46.4 Å². The van der Waals surface area contributed by atoms with Crippen molar-refractivity contribution in [1.82, 2.24) is 4.90 Å². The van der Waals surface area contributed by atoms with Crippen LogP contribution < -0.4 is 0 Å². The van der Waals surface area contributed by atoms with Crippen LogP contribution in [0.4, 0.5) is 0 Å². The molecule has 2 unspecified atom stereocenters. The van der Waals surface area contributed by atoms with E-state index in [2.05, 4.69) is 18.7 Å². The molecule has 0 saturated carbocycles. The van der Waals surface area contributed by atoms with E-state index in [0.717, 1.165) is 38.6 Å². The molecule has 0 rings (SSSR count). The minimum Gasteiger partial charge on any atom is -0.383 e. The van der Waals surface area contributed by atoms with Gasteiger partial charge < -0.3 is 9.47 Å². The molecule has 17 heavy (non-hydrogen) atoms. The SMILES string of the molecule is COCCN(CCC(C)CCCl)C(C)COC. The zero-order valence-corrected chi connectivity index (χ0v) is 12.5. The van der Waals surface area contributed by atoms with Gasteiger partial charge in [-0.15, -0.1) is 11.6 Å². The molecule has 0 bridgehead atoms. The largest absolute Gasteiger partial charge is 0.383 e. The normalized spacial score (nSPS) is 15.2. The van der Waals surface area contributed by atoms with Crippen molar-refractivity contribution in [2.24, 2.45) is 5.92 Å². The molecule has 0 aliphatic carbocycles. The number of alkyl halides is 1. The lowest BCUT2D eigenvalue weighted by molar-refractivity contribution is 0.0717. The number of hydrogen-bond donors (Lipinski definition) is 0. The standard InChI is InChI=1S/C13H28ClNO2/c1-12(5-7-14)6-8-15(9-10-16-3)13(2)11-17-4/h12-13H,5-11H2,1-4H3. The van der Waals surface area contributed by atoms with E-state index in [1.54, 1.807) is 14.2 Å². The highest BCUT2D eigenvalue weighted by Gasteiger charge is 2.14. The van der Waals surface area contributed by atoms with E-state index in [1.807, 2.05) is 0 Å². The molecule has 104 valence electrons. The van der Waals surface area contributed by atoms with Gasteiger partial charge in [0.15, 0.2) is 0 Å². The molecule has 0 aromatic carbocycles. The second kappa shape index (κ2) is 11.3. The molecular weight excluding hydrogens is 238 g/mol. The molecule has 0 N–H and O–H groups in total. The fourth-order valence-electron chi connectivity index (χ4n) is 1.82. The molecule has 2 atom stereocenters. The average Bonchev–Trinajstić information content (AvgIpc) is 2.29. The molecule has 0 amide bonds. The Morgan fingerprint density at radius 1 is 1.06 bits per heavy atom. The van der Waals surface area contributed by atoms with E-state index in [4.69, 9.17) is 21.1 Å². The molecule has 0 saturated heterocycles. The molecule has 3 nitrogen and oxygen atoms in total. The zero-order chi connectivity index (χ0) is 13.1. The summed E-state index contributed by atoms with van der Waals surface area (Å²) in [7, 11) is 3.50. The van der Waals surface area contributed by atoms with Crippen LogP contribution in [-0.4, -0.2) is 57.3 Å². The Kier molecular flexibility index (Phi) is 11.4. The summed E-state index contributed by atoms with van der Waals surface area (Å²) in [5, 5.41) is 0. The summed E-state index contributed by atoms with van der Waals surface area (Å²) in [5.41, 5.74) is 0. The van der Waals surface area contributed by atoms with Crippen LogP contribution in [-0.2, 0) is 9.47 Å². The Morgan fingerprint density at radius 3 is 2.29 bits per heavy atom. The first-order chi connectivity index (χ1) is 8.15. The van der Waals surface area contributed by atoms with E-state index in [9.17, 15) is 0 Å². The summed E-state index contributed by atoms with van der Waals surface area (Å²) in [4.78, 5) is 2.43. The van der Waals surface area contributed by atoms with Gasteiger partial charge in [-0.2, -0.15) is 0 Å². The minimum absolute atomic E-state index is 0.443. The van der Waals surface area contributed by atoms with E-state index in [1.165, 1.54) is 6.42 Å². The Bertz CT molecular complexity index is 169. The van der Waals surface area contributed by atoms with Gasteiger partial charge in [0.05, 0.1) is 13.2 Å². The van der Waals surface area contributed by atoms with Crippen LogP contribution in [0.1, 0.15) is 26.7 Å². The second-order valence-corrected chi connectivity index (χ2v) is 5.08. The van der Waals surface area contributed by atoms with Crippen LogP contribution in [0, 0.1) is 5.92 Å². The third-order valence-electron chi connectivity index (χ3n) is 3.12. The van der Waals surface area contributed by atoms with Crippen molar-refractivity contribution in [2.45, 2.75) is 32.7 Å². The Morgan fingerprint density at radius 2 is 1.76 bits per heavy atom. The highest BCUT2D eigenvalue weighted by molar-refractivity contribution is 6.17. The minimum atomic E-state index is 0.443. The number of rotatable bonds is 11. The Balaban J connectivity index is 3.99.